The third-order valence-corrected chi connectivity index (χ3v) is 13.0. The standard InChI is InChI=1S/C45H32F6N2O6/c46-44(47,48)43(45(49,50)51,27-5-13-31(14-6-27)58-33-17-9-29(10-18-33)52-39(54)35-23-1-2-24(21-23)36(35)40(52)55)28-7-15-32(16-8-28)59-34-19-11-30(12-20-34)53-41(56)37-25-3-4-26(22-25)38(37)42(53)57/h1-20,23-26,35-38H,21-22H2/t23-,24-,25-,26-,35+,36+,37+,38+/m0/s1. The summed E-state index contributed by atoms with van der Waals surface area (Å²) in [6, 6.07) is 18.7. The quantitative estimate of drug-likeness (QED) is 0.100. The van der Waals surface area contributed by atoms with Gasteiger partial charge in [0.25, 0.3) is 0 Å². The molecule has 4 aliphatic carbocycles. The highest BCUT2D eigenvalue weighted by molar-refractivity contribution is 6.23. The van der Waals surface area contributed by atoms with Gasteiger partial charge in [0.05, 0.1) is 35.0 Å². The van der Waals surface area contributed by atoms with E-state index in [-0.39, 0.29) is 94.0 Å². The van der Waals surface area contributed by atoms with Crippen molar-refractivity contribution in [2.24, 2.45) is 47.3 Å². The van der Waals surface area contributed by atoms with Crippen molar-refractivity contribution in [2.75, 3.05) is 9.80 Å². The van der Waals surface area contributed by atoms with Crippen LogP contribution in [-0.2, 0) is 24.6 Å². The van der Waals surface area contributed by atoms with Gasteiger partial charge in [0.2, 0.25) is 29.0 Å². The number of carbonyl (C=O) groups excluding carboxylic acids is 4. The van der Waals surface area contributed by atoms with Crippen LogP contribution >= 0.6 is 0 Å². The smallest absolute Gasteiger partial charge is 0.411 e. The Hall–Kier alpha value is -6.18. The predicted molar refractivity (Wildman–Crippen MR) is 199 cm³/mol. The van der Waals surface area contributed by atoms with E-state index >= 15 is 0 Å². The molecule has 10 rings (SSSR count). The lowest BCUT2D eigenvalue weighted by molar-refractivity contribution is -0.288. The summed E-state index contributed by atoms with van der Waals surface area (Å²) >= 11 is 0. The Morgan fingerprint density at radius 1 is 0.407 bits per heavy atom. The minimum absolute atomic E-state index is 0.0339. The fourth-order valence-corrected chi connectivity index (χ4v) is 10.4. The number of hydrogen-bond donors (Lipinski definition) is 0. The number of alkyl halides is 6. The van der Waals surface area contributed by atoms with Crippen LogP contribution in [0.5, 0.6) is 23.0 Å². The molecule has 0 unspecified atom stereocenters. The number of nitrogens with zero attached hydrogens (tertiary/aromatic N) is 2. The van der Waals surface area contributed by atoms with Gasteiger partial charge in [-0.1, -0.05) is 48.6 Å². The number of imide groups is 2. The molecule has 14 heteroatoms. The summed E-state index contributed by atoms with van der Waals surface area (Å²) < 4.78 is 101. The zero-order valence-corrected chi connectivity index (χ0v) is 30.7. The summed E-state index contributed by atoms with van der Waals surface area (Å²) in [6.45, 7) is 0. The first kappa shape index (κ1) is 37.1. The Balaban J connectivity index is 0.850. The van der Waals surface area contributed by atoms with Crippen molar-refractivity contribution < 1.29 is 55.0 Å². The van der Waals surface area contributed by atoms with Crippen molar-refractivity contribution in [3.8, 4) is 23.0 Å². The molecule has 4 aromatic carbocycles. The van der Waals surface area contributed by atoms with E-state index in [9.17, 15) is 45.5 Å². The maximum absolute atomic E-state index is 14.9. The topological polar surface area (TPSA) is 93.2 Å². The zero-order chi connectivity index (χ0) is 41.2. The molecule has 4 amide bonds. The molecule has 6 aliphatic rings. The first-order valence-electron chi connectivity index (χ1n) is 19.2. The summed E-state index contributed by atoms with van der Waals surface area (Å²) in [7, 11) is 0. The highest BCUT2D eigenvalue weighted by Gasteiger charge is 2.72. The minimum Gasteiger partial charge on any atom is -0.457 e. The first-order chi connectivity index (χ1) is 28.2. The highest BCUT2D eigenvalue weighted by Crippen LogP contribution is 2.57. The Kier molecular flexibility index (Phi) is 8.12. The highest BCUT2D eigenvalue weighted by atomic mass is 19.4. The van der Waals surface area contributed by atoms with Crippen molar-refractivity contribution in [1.82, 2.24) is 0 Å². The van der Waals surface area contributed by atoms with E-state index in [0.717, 1.165) is 46.9 Å². The van der Waals surface area contributed by atoms with Crippen LogP contribution in [0.15, 0.2) is 121 Å². The number of fused-ring (bicyclic) bond motifs is 10. The number of carbonyl (C=O) groups is 4. The van der Waals surface area contributed by atoms with Gasteiger partial charge in [-0.05, 0) is 120 Å². The second-order valence-corrected chi connectivity index (χ2v) is 16.0. The van der Waals surface area contributed by atoms with Crippen molar-refractivity contribution in [2.45, 2.75) is 30.6 Å². The molecule has 0 N–H and O–H groups in total. The van der Waals surface area contributed by atoms with Gasteiger partial charge in [-0.2, -0.15) is 26.3 Å². The van der Waals surface area contributed by atoms with Crippen molar-refractivity contribution in [3.63, 3.8) is 0 Å². The lowest BCUT2D eigenvalue weighted by Gasteiger charge is -2.38. The molecule has 8 atom stereocenters. The molecule has 59 heavy (non-hydrogen) atoms. The molecule has 300 valence electrons. The summed E-state index contributed by atoms with van der Waals surface area (Å²) in [5, 5.41) is 0. The van der Waals surface area contributed by atoms with Gasteiger partial charge in [0.1, 0.15) is 23.0 Å². The summed E-state index contributed by atoms with van der Waals surface area (Å²) in [5.41, 5.74) is -5.94. The molecule has 8 nitrogen and oxygen atoms in total. The number of amides is 4. The van der Waals surface area contributed by atoms with Crippen molar-refractivity contribution in [3.05, 3.63) is 132 Å². The minimum atomic E-state index is -5.83. The molecule has 4 fully saturated rings. The normalized spacial score (nSPS) is 28.0. The van der Waals surface area contributed by atoms with Crippen LogP contribution in [0.4, 0.5) is 37.7 Å². The molecule has 4 bridgehead atoms. The van der Waals surface area contributed by atoms with Crippen molar-refractivity contribution >= 4 is 35.0 Å². The van der Waals surface area contributed by atoms with Gasteiger partial charge in [0, 0.05) is 0 Å². The van der Waals surface area contributed by atoms with E-state index < -0.39 is 28.9 Å². The fraction of sp³-hybridized carbons (Fsp3) is 0.289. The average Bonchev–Trinajstić information content (AvgIpc) is 4.06. The van der Waals surface area contributed by atoms with Gasteiger partial charge in [-0.15, -0.1) is 0 Å². The average molecular weight is 811 g/mol. The van der Waals surface area contributed by atoms with Gasteiger partial charge in [0.15, 0.2) is 0 Å². The number of rotatable bonds is 8. The van der Waals surface area contributed by atoms with E-state index in [4.69, 9.17) is 9.47 Å². The van der Waals surface area contributed by atoms with Crippen LogP contribution in [0.1, 0.15) is 24.0 Å². The van der Waals surface area contributed by atoms with Crippen LogP contribution in [0.25, 0.3) is 0 Å². The monoisotopic (exact) mass is 810 g/mol. The molecule has 0 spiro atoms. The van der Waals surface area contributed by atoms with Crippen LogP contribution in [0, 0.1) is 47.3 Å². The molecule has 2 heterocycles. The number of anilines is 2. The number of ether oxygens (including phenoxy) is 2. The third kappa shape index (κ3) is 5.44. The molecule has 4 aromatic rings. The van der Waals surface area contributed by atoms with E-state index in [2.05, 4.69) is 0 Å². The maximum atomic E-state index is 14.9. The van der Waals surface area contributed by atoms with Crippen molar-refractivity contribution in [1.29, 1.82) is 0 Å². The number of allylic oxidation sites excluding steroid dienone is 4. The second kappa shape index (κ2) is 12.9. The van der Waals surface area contributed by atoms with E-state index in [1.807, 2.05) is 24.3 Å². The Morgan fingerprint density at radius 2 is 0.661 bits per heavy atom. The van der Waals surface area contributed by atoms with E-state index in [1.165, 1.54) is 48.5 Å². The number of benzene rings is 4. The lowest BCUT2D eigenvalue weighted by atomic mass is 9.73. The Bertz CT molecular complexity index is 2230. The zero-order valence-electron chi connectivity index (χ0n) is 30.7. The number of halogens is 6. The van der Waals surface area contributed by atoms with Gasteiger partial charge < -0.3 is 9.47 Å². The number of hydrogen-bond acceptors (Lipinski definition) is 6. The molecule has 0 aromatic heterocycles. The summed E-state index contributed by atoms with van der Waals surface area (Å²) in [6.07, 6.45) is -2.16. The molecule has 2 aliphatic heterocycles. The van der Waals surface area contributed by atoms with Gasteiger partial charge in [-0.25, -0.2) is 0 Å². The summed E-state index contributed by atoms with van der Waals surface area (Å²) in [4.78, 5) is 55.0. The fourth-order valence-electron chi connectivity index (χ4n) is 10.4. The van der Waals surface area contributed by atoms with Crippen LogP contribution in [0.2, 0.25) is 0 Å². The lowest BCUT2D eigenvalue weighted by Crippen LogP contribution is -2.54. The SMILES string of the molecule is O=C1[C@H]2[C@H](C(=O)N1c1ccc(Oc3ccc(C(c4ccc(Oc5ccc(N6C(=O)[C@H]7[C@H](C6=O)[C@H]6C=C[C@H]7C6)cc5)cc4)(C(F)(F)F)C(F)(F)F)cc3)cc1)[C@H]1C=C[C@H]2C1. The van der Waals surface area contributed by atoms with Crippen LogP contribution in [-0.4, -0.2) is 36.0 Å². The maximum Gasteiger partial charge on any atom is 0.411 e. The second-order valence-electron chi connectivity index (χ2n) is 16.0. The van der Waals surface area contributed by atoms with Gasteiger partial charge in [-0.3, -0.25) is 29.0 Å². The van der Waals surface area contributed by atoms with Crippen LogP contribution in [0.3, 0.4) is 0 Å². The molecular weight excluding hydrogens is 778 g/mol. The Labute approximate surface area is 332 Å². The van der Waals surface area contributed by atoms with E-state index in [0.29, 0.717) is 35.6 Å². The van der Waals surface area contributed by atoms with E-state index in [1.54, 1.807) is 0 Å². The third-order valence-electron chi connectivity index (χ3n) is 13.0. The molecular formula is C45H32F6N2O6. The largest absolute Gasteiger partial charge is 0.457 e. The predicted octanol–water partition coefficient (Wildman–Crippen LogP) is 9.30. The Morgan fingerprint density at radius 3 is 0.915 bits per heavy atom. The molecule has 0 radical (unpaired) electrons. The summed E-state index contributed by atoms with van der Waals surface area (Å²) in [5.74, 6) is -2.25. The molecule has 2 saturated carbocycles. The van der Waals surface area contributed by atoms with Crippen LogP contribution < -0.4 is 19.3 Å². The van der Waals surface area contributed by atoms with Gasteiger partial charge >= 0.3 is 12.4 Å². The molecule has 2 saturated heterocycles. The first-order valence-corrected chi connectivity index (χ1v) is 19.2.